The van der Waals surface area contributed by atoms with E-state index in [1.807, 2.05) is 11.5 Å². The van der Waals surface area contributed by atoms with Gasteiger partial charge < -0.3 is 15.6 Å². The summed E-state index contributed by atoms with van der Waals surface area (Å²) in [5, 5.41) is 2.83. The molecule has 0 radical (unpaired) electrons. The Morgan fingerprint density at radius 2 is 2.10 bits per heavy atom. The van der Waals surface area contributed by atoms with E-state index in [9.17, 15) is 4.79 Å². The lowest BCUT2D eigenvalue weighted by Gasteiger charge is -2.08. The third-order valence-corrected chi connectivity index (χ3v) is 3.12. The molecule has 0 saturated carbocycles. The molecule has 20 heavy (non-hydrogen) atoms. The molecule has 1 amide bonds. The molecule has 1 heterocycles. The number of carbonyl (C=O) groups is 1. The maximum Gasteiger partial charge on any atom is 0.244 e. The molecule has 0 saturated heterocycles. The summed E-state index contributed by atoms with van der Waals surface area (Å²) in [5.41, 5.74) is 7.02. The van der Waals surface area contributed by atoms with Crippen LogP contribution >= 0.6 is 12.2 Å². The van der Waals surface area contributed by atoms with Gasteiger partial charge in [-0.05, 0) is 24.3 Å². The summed E-state index contributed by atoms with van der Waals surface area (Å²) in [7, 11) is 0. The molecule has 0 aliphatic carbocycles. The molecule has 3 N–H and O–H groups in total. The van der Waals surface area contributed by atoms with Gasteiger partial charge in [-0.1, -0.05) is 19.1 Å². The predicted molar refractivity (Wildman–Crippen MR) is 82.6 cm³/mol. The molecule has 0 fully saturated rings. The quantitative estimate of drug-likeness (QED) is 0.822. The molecule has 0 unspecified atom stereocenters. The second kappa shape index (κ2) is 6.29. The van der Waals surface area contributed by atoms with Crippen molar-refractivity contribution in [1.82, 2.24) is 9.55 Å². The summed E-state index contributed by atoms with van der Waals surface area (Å²) in [6, 6.07) is 7.13. The van der Waals surface area contributed by atoms with Gasteiger partial charge in [-0.3, -0.25) is 4.79 Å². The zero-order chi connectivity index (χ0) is 14.5. The Kier molecular flexibility index (Phi) is 4.47. The van der Waals surface area contributed by atoms with Crippen LogP contribution in [0.4, 0.5) is 5.69 Å². The number of nitrogens with zero attached hydrogens (tertiary/aromatic N) is 2. The van der Waals surface area contributed by atoms with E-state index >= 15 is 0 Å². The van der Waals surface area contributed by atoms with Crippen molar-refractivity contribution >= 4 is 28.8 Å². The van der Waals surface area contributed by atoms with E-state index < -0.39 is 0 Å². The SMILES string of the molecule is CCc1nccn1CC(=O)Nc1ccc(C(N)=S)cc1. The first kappa shape index (κ1) is 14.2. The number of imidazole rings is 1. The highest BCUT2D eigenvalue weighted by Crippen LogP contribution is 2.10. The highest BCUT2D eigenvalue weighted by atomic mass is 32.1. The number of nitrogens with two attached hydrogens (primary N) is 1. The summed E-state index contributed by atoms with van der Waals surface area (Å²) in [6.45, 7) is 2.26. The fourth-order valence-corrected chi connectivity index (χ4v) is 2.01. The topological polar surface area (TPSA) is 72.9 Å². The van der Waals surface area contributed by atoms with Gasteiger partial charge in [-0.2, -0.15) is 0 Å². The van der Waals surface area contributed by atoms with E-state index in [1.165, 1.54) is 0 Å². The van der Waals surface area contributed by atoms with Gasteiger partial charge in [0.05, 0.1) is 0 Å². The van der Waals surface area contributed by atoms with Crippen molar-refractivity contribution in [3.63, 3.8) is 0 Å². The van der Waals surface area contributed by atoms with Crippen LogP contribution in [0, 0.1) is 0 Å². The van der Waals surface area contributed by atoms with Gasteiger partial charge in [0.1, 0.15) is 17.4 Å². The smallest absolute Gasteiger partial charge is 0.244 e. The van der Waals surface area contributed by atoms with E-state index in [1.54, 1.807) is 36.7 Å². The second-order valence-corrected chi connectivity index (χ2v) is 4.75. The molecule has 2 rings (SSSR count). The van der Waals surface area contributed by atoms with Gasteiger partial charge >= 0.3 is 0 Å². The molecule has 0 atom stereocenters. The summed E-state index contributed by atoms with van der Waals surface area (Å²) < 4.78 is 1.83. The van der Waals surface area contributed by atoms with Crippen LogP contribution in [0.3, 0.4) is 0 Å². The molecule has 2 aromatic rings. The van der Waals surface area contributed by atoms with Gasteiger partial charge in [-0.15, -0.1) is 0 Å². The van der Waals surface area contributed by atoms with Crippen LogP contribution < -0.4 is 11.1 Å². The monoisotopic (exact) mass is 288 g/mol. The standard InChI is InChI=1S/C14H16N4OS/c1-2-12-16-7-8-18(12)9-13(19)17-11-5-3-10(4-6-11)14(15)20/h3-8H,2,9H2,1H3,(H2,15,20)(H,17,19). The lowest BCUT2D eigenvalue weighted by molar-refractivity contribution is -0.116. The molecule has 1 aromatic heterocycles. The third kappa shape index (κ3) is 3.42. The van der Waals surface area contributed by atoms with Gasteiger partial charge in [0.2, 0.25) is 5.91 Å². The van der Waals surface area contributed by atoms with Gasteiger partial charge in [-0.25, -0.2) is 4.98 Å². The zero-order valence-corrected chi connectivity index (χ0v) is 12.0. The van der Waals surface area contributed by atoms with Crippen molar-refractivity contribution in [2.75, 3.05) is 5.32 Å². The molecule has 0 aliphatic heterocycles. The summed E-state index contributed by atoms with van der Waals surface area (Å²) >= 11 is 4.88. The van der Waals surface area contributed by atoms with Crippen molar-refractivity contribution in [2.24, 2.45) is 5.73 Å². The average molecular weight is 288 g/mol. The number of benzene rings is 1. The fraction of sp³-hybridized carbons (Fsp3) is 0.214. The number of hydrogen-bond acceptors (Lipinski definition) is 3. The minimum atomic E-state index is -0.0965. The normalized spacial score (nSPS) is 10.2. The molecule has 1 aromatic carbocycles. The number of hydrogen-bond donors (Lipinski definition) is 2. The fourth-order valence-electron chi connectivity index (χ4n) is 1.87. The number of nitrogens with one attached hydrogen (secondary N) is 1. The van der Waals surface area contributed by atoms with E-state index in [-0.39, 0.29) is 12.5 Å². The summed E-state index contributed by atoms with van der Waals surface area (Å²) in [6.07, 6.45) is 4.29. The molecule has 104 valence electrons. The second-order valence-electron chi connectivity index (χ2n) is 4.31. The lowest BCUT2D eigenvalue weighted by atomic mass is 10.2. The number of aryl methyl sites for hydroxylation is 1. The van der Waals surface area contributed by atoms with Gasteiger partial charge in [0.15, 0.2) is 0 Å². The first-order valence-electron chi connectivity index (χ1n) is 6.30. The largest absolute Gasteiger partial charge is 0.389 e. The maximum atomic E-state index is 12.0. The van der Waals surface area contributed by atoms with Crippen LogP contribution in [0.1, 0.15) is 18.3 Å². The average Bonchev–Trinajstić information content (AvgIpc) is 2.86. The van der Waals surface area contributed by atoms with Gasteiger partial charge in [0.25, 0.3) is 0 Å². The maximum absolute atomic E-state index is 12.0. The van der Waals surface area contributed by atoms with Gasteiger partial charge in [0, 0.05) is 30.1 Å². The molecule has 0 spiro atoms. The number of aromatic nitrogens is 2. The summed E-state index contributed by atoms with van der Waals surface area (Å²) in [5.74, 6) is 0.796. The Bertz CT molecular complexity index is 618. The molecule has 5 nitrogen and oxygen atoms in total. The number of carbonyl (C=O) groups excluding carboxylic acids is 1. The zero-order valence-electron chi connectivity index (χ0n) is 11.2. The first-order chi connectivity index (χ1) is 9.60. The highest BCUT2D eigenvalue weighted by molar-refractivity contribution is 7.80. The minimum Gasteiger partial charge on any atom is -0.389 e. The number of thiocarbonyl (C=S) groups is 1. The first-order valence-corrected chi connectivity index (χ1v) is 6.70. The van der Waals surface area contributed by atoms with Crippen LogP contribution in [0.5, 0.6) is 0 Å². The van der Waals surface area contributed by atoms with Crippen LogP contribution in [0.25, 0.3) is 0 Å². The Hall–Kier alpha value is -2.21. The number of anilines is 1. The number of amides is 1. The molecule has 0 aliphatic rings. The van der Waals surface area contributed by atoms with E-state index in [0.717, 1.165) is 17.8 Å². The predicted octanol–water partition coefficient (Wildman–Crippen LogP) is 1.72. The molecule has 6 heteroatoms. The Balaban J connectivity index is 1.99. The van der Waals surface area contributed by atoms with Crippen LogP contribution in [-0.2, 0) is 17.8 Å². The Labute approximate surface area is 122 Å². The summed E-state index contributed by atoms with van der Waals surface area (Å²) in [4.78, 5) is 16.5. The van der Waals surface area contributed by atoms with E-state index in [4.69, 9.17) is 18.0 Å². The van der Waals surface area contributed by atoms with Crippen molar-refractivity contribution in [3.05, 3.63) is 48.0 Å². The lowest BCUT2D eigenvalue weighted by Crippen LogP contribution is -2.19. The van der Waals surface area contributed by atoms with Crippen molar-refractivity contribution in [3.8, 4) is 0 Å². The van der Waals surface area contributed by atoms with Crippen molar-refractivity contribution in [1.29, 1.82) is 0 Å². The van der Waals surface area contributed by atoms with Crippen LogP contribution in [0.2, 0.25) is 0 Å². The van der Waals surface area contributed by atoms with Crippen molar-refractivity contribution < 1.29 is 4.79 Å². The third-order valence-electron chi connectivity index (χ3n) is 2.89. The Morgan fingerprint density at radius 3 is 2.70 bits per heavy atom. The Morgan fingerprint density at radius 1 is 1.40 bits per heavy atom. The van der Waals surface area contributed by atoms with Crippen LogP contribution in [-0.4, -0.2) is 20.4 Å². The minimum absolute atomic E-state index is 0.0965. The number of rotatable bonds is 5. The van der Waals surface area contributed by atoms with E-state index in [0.29, 0.717) is 10.7 Å². The molecular weight excluding hydrogens is 272 g/mol. The van der Waals surface area contributed by atoms with E-state index in [2.05, 4.69) is 10.3 Å². The van der Waals surface area contributed by atoms with Crippen molar-refractivity contribution in [2.45, 2.75) is 19.9 Å². The highest BCUT2D eigenvalue weighted by Gasteiger charge is 2.07. The van der Waals surface area contributed by atoms with Crippen LogP contribution in [0.15, 0.2) is 36.7 Å². The molecular formula is C14H16N4OS. The molecule has 0 bridgehead atoms.